The summed E-state index contributed by atoms with van der Waals surface area (Å²) in [5.74, 6) is 4.00. The first-order valence-electron chi connectivity index (χ1n) is 51.1. The molecule has 0 amide bonds. The summed E-state index contributed by atoms with van der Waals surface area (Å²) in [5.41, 5.74) is 34.0. The normalized spacial score (nSPS) is 17.6. The van der Waals surface area contributed by atoms with Gasteiger partial charge in [-0.15, -0.1) is 0 Å². The first kappa shape index (κ1) is 82.7. The summed E-state index contributed by atoms with van der Waals surface area (Å²) in [6.45, 7) is 40.3. The summed E-state index contributed by atoms with van der Waals surface area (Å²) in [4.78, 5) is 0. The SMILES string of the molecule is [2H]c1c(C)[n+](C)c(-c2cc(C(C)(C)C)cc(C)c2C)c2ccc(C3CCCCC3)cc12.[2H]c1c(C)[n+](C)c(-c2cc(C3CCCC3)cc(C)c2C)c2ccc(C3CCCCC3)cc12.[2H]c1c(C)[n+](C)c(-c2cc(C3CCCC3)ccc2C)c2ccc(C3CCCCC3)cc12.[2H]c1c([2H])[n+](C)c(-c2cc(C(C)(C)C)cc(C(C)(C)C)c2C)c2ccc(C3CCCCC3)cc12. The number of benzene rings is 8. The van der Waals surface area contributed by atoms with Crippen LogP contribution in [0.15, 0.2) is 158 Å². The van der Waals surface area contributed by atoms with Crippen molar-refractivity contribution in [2.75, 3.05) is 0 Å². The Hall–Kier alpha value is -8.60. The predicted octanol–water partition coefficient (Wildman–Crippen LogP) is 31.5. The molecule has 0 spiro atoms. The van der Waals surface area contributed by atoms with Gasteiger partial charge in [-0.05, 0) is 324 Å². The van der Waals surface area contributed by atoms with Gasteiger partial charge in [0.05, 0.1) is 43.7 Å². The molecule has 0 atom stereocenters. The van der Waals surface area contributed by atoms with Gasteiger partial charge in [0, 0.05) is 50.5 Å². The molecule has 123 heavy (non-hydrogen) atoms. The second-order valence-electron chi connectivity index (χ2n) is 42.5. The topological polar surface area (TPSA) is 15.5 Å². The molecule has 646 valence electrons. The minimum atomic E-state index is 0.0157. The first-order chi connectivity index (χ1) is 60.9. The van der Waals surface area contributed by atoms with Crippen molar-refractivity contribution in [1.29, 1.82) is 0 Å². The van der Waals surface area contributed by atoms with E-state index in [4.69, 9.17) is 6.85 Å². The van der Waals surface area contributed by atoms with E-state index in [1.54, 1.807) is 0 Å². The molecule has 0 aliphatic heterocycles. The zero-order chi connectivity index (χ0) is 91.4. The summed E-state index contributed by atoms with van der Waals surface area (Å²) >= 11 is 0. The largest absolute Gasteiger partial charge is 0.220 e. The first-order valence-corrected chi connectivity index (χ1v) is 48.6. The molecule has 12 aromatic rings. The van der Waals surface area contributed by atoms with Crippen molar-refractivity contribution in [3.8, 4) is 45.0 Å². The molecule has 6 aliphatic carbocycles. The van der Waals surface area contributed by atoms with Gasteiger partial charge in [0.15, 0.2) is 23.3 Å². The van der Waals surface area contributed by atoms with Crippen LogP contribution >= 0.6 is 0 Å². The number of aromatic nitrogens is 4. The van der Waals surface area contributed by atoms with Crippen molar-refractivity contribution in [1.82, 2.24) is 0 Å². The average Bonchev–Trinajstić information content (AvgIpc) is 0.988. The zero-order valence-corrected chi connectivity index (χ0v) is 80.2. The van der Waals surface area contributed by atoms with Crippen molar-refractivity contribution >= 4 is 43.1 Å². The van der Waals surface area contributed by atoms with Crippen molar-refractivity contribution in [2.24, 2.45) is 28.2 Å². The van der Waals surface area contributed by atoms with Crippen LogP contribution in [-0.2, 0) is 44.4 Å². The van der Waals surface area contributed by atoms with Gasteiger partial charge >= 0.3 is 0 Å². The molecule has 0 bridgehead atoms. The summed E-state index contributed by atoms with van der Waals surface area (Å²) in [6, 6.07) is 51.6. The van der Waals surface area contributed by atoms with Crippen molar-refractivity contribution in [2.45, 2.75) is 356 Å². The lowest BCUT2D eigenvalue weighted by molar-refractivity contribution is -0.665. The van der Waals surface area contributed by atoms with E-state index in [1.165, 1.54) is 319 Å². The van der Waals surface area contributed by atoms with Crippen LogP contribution in [0.3, 0.4) is 0 Å². The van der Waals surface area contributed by atoms with E-state index in [-0.39, 0.29) is 22.4 Å². The van der Waals surface area contributed by atoms with Crippen LogP contribution in [0.5, 0.6) is 0 Å². The monoisotopic (exact) mass is 1640 g/mol. The van der Waals surface area contributed by atoms with Gasteiger partial charge in [-0.1, -0.05) is 244 Å². The molecular weight excluding hydrogens is 1490 g/mol. The molecular formula is C119H154N4+4. The third-order valence-corrected chi connectivity index (χ3v) is 30.9. The van der Waals surface area contributed by atoms with E-state index in [2.05, 4.69) is 287 Å². The van der Waals surface area contributed by atoms with Gasteiger partial charge in [-0.25, -0.2) is 4.57 Å². The molecule has 4 aromatic heterocycles. The molecule has 0 radical (unpaired) electrons. The average molecular weight is 1650 g/mol. The quantitative estimate of drug-likeness (QED) is 0.121. The maximum atomic E-state index is 8.95. The fourth-order valence-corrected chi connectivity index (χ4v) is 22.6. The molecule has 4 heterocycles. The van der Waals surface area contributed by atoms with Crippen molar-refractivity contribution in [3.63, 3.8) is 0 Å². The fourth-order valence-electron chi connectivity index (χ4n) is 22.6. The van der Waals surface area contributed by atoms with Crippen LogP contribution in [-0.4, -0.2) is 0 Å². The van der Waals surface area contributed by atoms with E-state index >= 15 is 0 Å². The number of pyridine rings is 4. The van der Waals surface area contributed by atoms with Gasteiger partial charge in [-0.3, -0.25) is 0 Å². The number of fused-ring (bicyclic) bond motifs is 4. The van der Waals surface area contributed by atoms with Crippen LogP contribution in [0.25, 0.3) is 88.1 Å². The van der Waals surface area contributed by atoms with E-state index in [0.717, 1.165) is 49.7 Å². The summed E-state index contributed by atoms with van der Waals surface area (Å²) in [6.07, 6.45) is 37.4. The molecule has 0 unspecified atom stereocenters. The second-order valence-corrected chi connectivity index (χ2v) is 42.5. The van der Waals surface area contributed by atoms with Crippen LogP contribution in [0.4, 0.5) is 0 Å². The lowest BCUT2D eigenvalue weighted by Gasteiger charge is -2.28. The summed E-state index contributed by atoms with van der Waals surface area (Å²) < 4.78 is 53.1. The number of rotatable bonds is 10. The molecule has 6 fully saturated rings. The van der Waals surface area contributed by atoms with E-state index in [9.17, 15) is 0 Å². The van der Waals surface area contributed by atoms with Crippen LogP contribution in [0.1, 0.15) is 385 Å². The third kappa shape index (κ3) is 19.4. The number of aryl methyl sites for hydroxylation is 3. The maximum absolute atomic E-state index is 8.95. The molecule has 0 N–H and O–H groups in total. The molecule has 4 heteroatoms. The van der Waals surface area contributed by atoms with Crippen LogP contribution in [0.2, 0.25) is 0 Å². The van der Waals surface area contributed by atoms with Gasteiger partial charge in [0.2, 0.25) is 22.8 Å². The zero-order valence-electron chi connectivity index (χ0n) is 85.2. The standard InChI is InChI=1S/C31H42N.C30H38N.C29H36N.C29H38N/c1-21-27(19-25(30(2,3)4)20-28(21)31(5,6)7)29-26-15-14-23(22-12-10-9-11-13-22)18-24(26)16-17-32(29)8;1-20-16-26(24-12-8-9-13-24)19-29(22(20)3)30-28-15-14-25(23-10-6-5-7-11-23)18-27(28)17-21(2)31(30)4;1-20-13-14-25(23-11-7-8-12-23)19-28(20)29-27-16-15-24(22-9-5-4-6-10-22)18-26(27)17-21(2)30(29)3;1-19-15-25(29(4,5)6)18-27(21(19)3)28-26-14-13-23(22-11-9-8-10-12-22)17-24(26)16-20(2)30(28)7/h14-20,22H,9-13H2,1-8H3;14-19,23-24H,5-13H2,1-4H3;13-19,22-23H,4-12H2,1-3H3;13-18,22H,8-12H2,1-7H3/q4*+1/i16D,17D;2*17D;16D. The van der Waals surface area contributed by atoms with Crippen molar-refractivity contribution < 1.29 is 25.1 Å². The minimum absolute atomic E-state index is 0.0157. The molecule has 0 saturated heterocycles. The molecule has 8 aromatic carbocycles. The molecule has 18 rings (SSSR count). The highest BCUT2D eigenvalue weighted by molar-refractivity contribution is 5.98. The highest BCUT2D eigenvalue weighted by Gasteiger charge is 2.33. The second kappa shape index (κ2) is 37.5. The Morgan fingerprint density at radius 3 is 0.935 bits per heavy atom. The molecule has 6 aliphatic rings. The van der Waals surface area contributed by atoms with E-state index in [1.807, 2.05) is 11.6 Å². The van der Waals surface area contributed by atoms with E-state index < -0.39 is 0 Å². The highest BCUT2D eigenvalue weighted by Crippen LogP contribution is 2.47. The van der Waals surface area contributed by atoms with Gasteiger partial charge in [0.1, 0.15) is 29.6 Å². The van der Waals surface area contributed by atoms with Gasteiger partial charge in [-0.2, -0.15) is 13.7 Å². The fraction of sp³-hybridized carbons (Fsp3) is 0.496. The molecule has 4 nitrogen and oxygen atoms in total. The van der Waals surface area contributed by atoms with Gasteiger partial charge in [0.25, 0.3) is 0 Å². The Kier molecular flexibility index (Phi) is 25.2. The van der Waals surface area contributed by atoms with Crippen LogP contribution < -0.4 is 18.3 Å². The Balaban J connectivity index is 0.000000131. The number of nitrogens with zero attached hydrogens (tertiary/aromatic N) is 4. The Bertz CT molecular complexity index is 6160. The number of hydrogen-bond donors (Lipinski definition) is 0. The predicted molar refractivity (Wildman–Crippen MR) is 527 cm³/mol. The van der Waals surface area contributed by atoms with E-state index in [0.29, 0.717) is 59.7 Å². The third-order valence-electron chi connectivity index (χ3n) is 30.9. The Labute approximate surface area is 751 Å². The lowest BCUT2D eigenvalue weighted by Crippen LogP contribution is -2.35. The molecule has 6 saturated carbocycles. The smallest absolute Gasteiger partial charge is 0.200 e. The Morgan fingerprint density at radius 2 is 0.561 bits per heavy atom. The Morgan fingerprint density at radius 1 is 0.268 bits per heavy atom. The maximum Gasteiger partial charge on any atom is 0.220 e. The van der Waals surface area contributed by atoms with Gasteiger partial charge < -0.3 is 0 Å². The van der Waals surface area contributed by atoms with Crippen LogP contribution in [0, 0.1) is 62.3 Å². The highest BCUT2D eigenvalue weighted by atomic mass is 15.0. The minimum Gasteiger partial charge on any atom is -0.200 e. The number of hydrogen-bond acceptors (Lipinski definition) is 0. The van der Waals surface area contributed by atoms with Crippen molar-refractivity contribution in [3.05, 3.63) is 258 Å². The lowest BCUT2D eigenvalue weighted by atomic mass is 9.76. The summed E-state index contributed by atoms with van der Waals surface area (Å²) in [5, 5.41) is 9.01. The summed E-state index contributed by atoms with van der Waals surface area (Å²) in [7, 11) is 8.35.